The van der Waals surface area contributed by atoms with E-state index in [0.29, 0.717) is 18.5 Å². The van der Waals surface area contributed by atoms with Gasteiger partial charge in [0.15, 0.2) is 0 Å². The molecule has 1 aliphatic heterocycles. The second kappa shape index (κ2) is 6.76. The minimum atomic E-state index is -2.28. The lowest BCUT2D eigenvalue weighted by molar-refractivity contribution is -0.151. The number of anilines is 1. The Morgan fingerprint density at radius 1 is 1.29 bits per heavy atom. The van der Waals surface area contributed by atoms with Crippen LogP contribution in [0, 0.1) is 11.7 Å². The number of amides is 2. The summed E-state index contributed by atoms with van der Waals surface area (Å²) >= 11 is 0. The van der Waals surface area contributed by atoms with E-state index < -0.39 is 23.3 Å². The van der Waals surface area contributed by atoms with Crippen LogP contribution in [-0.2, 0) is 16.0 Å². The number of rotatable bonds is 5. The maximum absolute atomic E-state index is 13.4. The van der Waals surface area contributed by atoms with Crippen LogP contribution in [0.5, 0.6) is 0 Å². The first-order chi connectivity index (χ1) is 13.4. The third kappa shape index (κ3) is 2.93. The van der Waals surface area contributed by atoms with E-state index >= 15 is 0 Å². The maximum atomic E-state index is 13.4. The van der Waals surface area contributed by atoms with Gasteiger partial charge in [0, 0.05) is 35.2 Å². The Morgan fingerprint density at radius 3 is 2.86 bits per heavy atom. The van der Waals surface area contributed by atoms with Gasteiger partial charge in [-0.3, -0.25) is 9.59 Å². The molecule has 1 saturated heterocycles. The monoisotopic (exact) mass is 381 g/mol. The number of hydrogen-bond donors (Lipinski definition) is 3. The molecule has 0 aliphatic carbocycles. The number of aryl methyl sites for hydroxylation is 1. The smallest absolute Gasteiger partial charge is 0.269 e. The number of aliphatic hydroxyl groups is 1. The number of nitrogens with two attached hydrogens (primary N) is 1. The Balaban J connectivity index is 1.62. The average Bonchev–Trinajstić information content (AvgIpc) is 3.24. The molecule has 7 heteroatoms. The van der Waals surface area contributed by atoms with E-state index in [0.717, 1.165) is 16.5 Å². The lowest BCUT2D eigenvalue weighted by Gasteiger charge is -2.23. The Bertz CT molecular complexity index is 1060. The lowest BCUT2D eigenvalue weighted by Crippen LogP contribution is -2.54. The van der Waals surface area contributed by atoms with E-state index in [1.54, 1.807) is 24.4 Å². The number of carbonyl (C=O) groups excluding carboxylic acids is 2. The molecule has 2 atom stereocenters. The first-order valence-electron chi connectivity index (χ1n) is 9.05. The van der Waals surface area contributed by atoms with Crippen LogP contribution < -0.4 is 10.6 Å². The predicted molar refractivity (Wildman–Crippen MR) is 103 cm³/mol. The summed E-state index contributed by atoms with van der Waals surface area (Å²) in [6.07, 6.45) is 2.52. The van der Waals surface area contributed by atoms with Gasteiger partial charge in [0.05, 0.1) is 0 Å². The molecule has 1 unspecified atom stereocenters. The summed E-state index contributed by atoms with van der Waals surface area (Å²) in [5, 5.41) is 11.8. The Morgan fingerprint density at radius 2 is 2.11 bits per heavy atom. The van der Waals surface area contributed by atoms with E-state index in [2.05, 4.69) is 4.98 Å². The van der Waals surface area contributed by atoms with Crippen LogP contribution in [0.2, 0.25) is 0 Å². The zero-order valence-electron chi connectivity index (χ0n) is 15.1. The molecule has 4 N–H and O–H groups in total. The van der Waals surface area contributed by atoms with E-state index in [4.69, 9.17) is 5.73 Å². The number of aromatic nitrogens is 1. The molecule has 0 bridgehead atoms. The van der Waals surface area contributed by atoms with Crippen LogP contribution in [-0.4, -0.2) is 34.1 Å². The van der Waals surface area contributed by atoms with Crippen molar-refractivity contribution in [1.29, 1.82) is 0 Å². The average molecular weight is 381 g/mol. The number of nitrogens with one attached hydrogen (secondary N) is 1. The number of H-pyrrole nitrogens is 1. The van der Waals surface area contributed by atoms with Crippen molar-refractivity contribution in [1.82, 2.24) is 4.98 Å². The van der Waals surface area contributed by atoms with Crippen LogP contribution in [0.25, 0.3) is 10.9 Å². The number of aromatic amines is 1. The number of benzene rings is 2. The van der Waals surface area contributed by atoms with Gasteiger partial charge in [-0.2, -0.15) is 0 Å². The van der Waals surface area contributed by atoms with Gasteiger partial charge in [0.25, 0.3) is 11.8 Å². The molecule has 1 aliphatic rings. The molecule has 4 rings (SSSR count). The van der Waals surface area contributed by atoms with Crippen molar-refractivity contribution in [3.63, 3.8) is 0 Å². The van der Waals surface area contributed by atoms with Gasteiger partial charge in [-0.1, -0.05) is 12.1 Å². The second-order valence-electron chi connectivity index (χ2n) is 7.16. The van der Waals surface area contributed by atoms with Gasteiger partial charge < -0.3 is 20.7 Å². The number of fused-ring (bicyclic) bond motifs is 1. The first kappa shape index (κ1) is 18.2. The number of primary amides is 1. The van der Waals surface area contributed by atoms with Crippen molar-refractivity contribution >= 4 is 28.4 Å². The summed E-state index contributed by atoms with van der Waals surface area (Å²) in [6.45, 7) is 0.156. The molecule has 6 nitrogen and oxygen atoms in total. The molecule has 2 aromatic carbocycles. The van der Waals surface area contributed by atoms with Crippen molar-refractivity contribution in [2.75, 3.05) is 11.4 Å². The van der Waals surface area contributed by atoms with Crippen LogP contribution >= 0.6 is 0 Å². The molecule has 2 amide bonds. The van der Waals surface area contributed by atoms with Gasteiger partial charge in [-0.05, 0) is 54.8 Å². The normalized spacial score (nSPS) is 22.1. The Hall–Kier alpha value is -3.19. The minimum Gasteiger partial charge on any atom is -0.371 e. The second-order valence-corrected chi connectivity index (χ2v) is 7.16. The summed E-state index contributed by atoms with van der Waals surface area (Å²) in [7, 11) is 0. The molecular formula is C21H20FN3O3. The Labute approximate surface area is 160 Å². The standard InChI is InChI=1S/C21H20FN3O3/c22-16-3-1-2-13(10-16)4-5-15-12-25(20(27)21(15,28)19(23)26)17-6-7-18-14(11-17)8-9-24-18/h1-3,6-11,15,24,28H,4-5,12H2,(H2,23,26)/t15?,21-/m0/s1. The van der Waals surface area contributed by atoms with E-state index in [1.165, 1.54) is 17.0 Å². The molecule has 1 fully saturated rings. The van der Waals surface area contributed by atoms with Crippen molar-refractivity contribution < 1.29 is 19.1 Å². The van der Waals surface area contributed by atoms with Crippen LogP contribution in [0.4, 0.5) is 10.1 Å². The van der Waals surface area contributed by atoms with Gasteiger partial charge in [-0.15, -0.1) is 0 Å². The fourth-order valence-corrected chi connectivity index (χ4v) is 3.89. The predicted octanol–water partition coefficient (Wildman–Crippen LogP) is 2.12. The highest BCUT2D eigenvalue weighted by Crippen LogP contribution is 2.36. The summed E-state index contributed by atoms with van der Waals surface area (Å²) in [6, 6.07) is 13.4. The Kier molecular flexibility index (Phi) is 4.39. The topological polar surface area (TPSA) is 99.4 Å². The molecule has 0 radical (unpaired) electrons. The summed E-state index contributed by atoms with van der Waals surface area (Å²) < 4.78 is 13.4. The number of carbonyl (C=O) groups is 2. The van der Waals surface area contributed by atoms with E-state index in [9.17, 15) is 19.1 Å². The van der Waals surface area contributed by atoms with Gasteiger partial charge in [-0.25, -0.2) is 4.39 Å². The zero-order valence-corrected chi connectivity index (χ0v) is 15.1. The SMILES string of the molecule is NC(=O)[C@]1(O)C(=O)N(c2ccc3[nH]ccc3c2)CC1CCc1cccc(F)c1. The molecule has 28 heavy (non-hydrogen) atoms. The van der Waals surface area contributed by atoms with Crippen LogP contribution in [0.15, 0.2) is 54.7 Å². The van der Waals surface area contributed by atoms with Crippen molar-refractivity contribution in [2.45, 2.75) is 18.4 Å². The fraction of sp³-hybridized carbons (Fsp3) is 0.238. The number of halogens is 1. The molecule has 0 saturated carbocycles. The molecule has 144 valence electrons. The fourth-order valence-electron chi connectivity index (χ4n) is 3.89. The van der Waals surface area contributed by atoms with Gasteiger partial charge in [0.1, 0.15) is 5.82 Å². The highest BCUT2D eigenvalue weighted by molar-refractivity contribution is 6.16. The zero-order chi connectivity index (χ0) is 19.9. The first-order valence-corrected chi connectivity index (χ1v) is 9.05. The van der Waals surface area contributed by atoms with Gasteiger partial charge >= 0.3 is 0 Å². The molecule has 3 aromatic rings. The highest BCUT2D eigenvalue weighted by atomic mass is 19.1. The van der Waals surface area contributed by atoms with Crippen LogP contribution in [0.3, 0.4) is 0 Å². The van der Waals surface area contributed by atoms with E-state index in [1.807, 2.05) is 18.2 Å². The maximum Gasteiger partial charge on any atom is 0.269 e. The highest BCUT2D eigenvalue weighted by Gasteiger charge is 2.57. The summed E-state index contributed by atoms with van der Waals surface area (Å²) in [5.74, 6) is -2.83. The van der Waals surface area contributed by atoms with Crippen LogP contribution in [0.1, 0.15) is 12.0 Å². The molecule has 0 spiro atoms. The van der Waals surface area contributed by atoms with Crippen molar-refractivity contribution in [3.05, 3.63) is 66.1 Å². The van der Waals surface area contributed by atoms with E-state index in [-0.39, 0.29) is 12.4 Å². The summed E-state index contributed by atoms with van der Waals surface area (Å²) in [5.41, 5.74) is 5.38. The number of nitrogens with zero attached hydrogens (tertiary/aromatic N) is 1. The van der Waals surface area contributed by atoms with Gasteiger partial charge in [0.2, 0.25) is 5.60 Å². The third-order valence-corrected chi connectivity index (χ3v) is 5.46. The lowest BCUT2D eigenvalue weighted by atomic mass is 9.85. The largest absolute Gasteiger partial charge is 0.371 e. The summed E-state index contributed by atoms with van der Waals surface area (Å²) in [4.78, 5) is 29.4. The number of hydrogen-bond acceptors (Lipinski definition) is 3. The minimum absolute atomic E-state index is 0.156. The quantitative estimate of drug-likeness (QED) is 0.590. The van der Waals surface area contributed by atoms with Crippen molar-refractivity contribution in [3.8, 4) is 0 Å². The molecule has 1 aromatic heterocycles. The van der Waals surface area contributed by atoms with Crippen molar-refractivity contribution in [2.24, 2.45) is 11.7 Å². The molecule has 2 heterocycles. The molecular weight excluding hydrogens is 361 g/mol. The third-order valence-electron chi connectivity index (χ3n) is 5.46.